The Labute approximate surface area is 122 Å². The van der Waals surface area contributed by atoms with E-state index in [-0.39, 0.29) is 19.6 Å². The molecule has 2 aromatic carbocycles. The van der Waals surface area contributed by atoms with Gasteiger partial charge in [-0.1, -0.05) is 48.0 Å². The summed E-state index contributed by atoms with van der Waals surface area (Å²) in [6, 6.07) is 13.6. The van der Waals surface area contributed by atoms with Crippen LogP contribution in [0.4, 0.5) is 4.39 Å². The van der Waals surface area contributed by atoms with Crippen LogP contribution in [-0.4, -0.2) is 23.4 Å². The van der Waals surface area contributed by atoms with Crippen molar-refractivity contribution >= 4 is 11.6 Å². The number of halogens is 2. The van der Waals surface area contributed by atoms with Gasteiger partial charge < -0.3 is 10.2 Å². The Hall–Kier alpha value is -1.42. The molecule has 0 aliphatic carbocycles. The predicted molar refractivity (Wildman–Crippen MR) is 77.4 cm³/mol. The van der Waals surface area contributed by atoms with E-state index in [1.165, 1.54) is 6.07 Å². The van der Waals surface area contributed by atoms with Crippen LogP contribution < -0.4 is 0 Å². The zero-order valence-corrected chi connectivity index (χ0v) is 11.6. The summed E-state index contributed by atoms with van der Waals surface area (Å²) in [4.78, 5) is 0. The second-order valence-electron chi connectivity index (χ2n) is 4.88. The summed E-state index contributed by atoms with van der Waals surface area (Å²) >= 11 is 5.73. The lowest BCUT2D eigenvalue weighted by Crippen LogP contribution is -2.37. The summed E-state index contributed by atoms with van der Waals surface area (Å²) in [5.74, 6) is -0.431. The molecule has 0 aliphatic rings. The van der Waals surface area contributed by atoms with E-state index in [9.17, 15) is 14.6 Å². The van der Waals surface area contributed by atoms with Crippen molar-refractivity contribution in [2.75, 3.05) is 13.2 Å². The van der Waals surface area contributed by atoms with Crippen LogP contribution in [0.5, 0.6) is 0 Å². The van der Waals surface area contributed by atoms with Gasteiger partial charge in [0.1, 0.15) is 5.82 Å². The van der Waals surface area contributed by atoms with Crippen LogP contribution in [-0.2, 0) is 11.8 Å². The maximum Gasteiger partial charge on any atom is 0.127 e. The lowest BCUT2D eigenvalue weighted by Gasteiger charge is -2.30. The van der Waals surface area contributed by atoms with E-state index >= 15 is 0 Å². The molecule has 2 nitrogen and oxygen atoms in total. The van der Waals surface area contributed by atoms with E-state index in [1.54, 1.807) is 12.1 Å². The van der Waals surface area contributed by atoms with Gasteiger partial charge in [0.2, 0.25) is 0 Å². The van der Waals surface area contributed by atoms with Crippen molar-refractivity contribution in [2.45, 2.75) is 11.8 Å². The normalized spacial score (nSPS) is 11.6. The minimum Gasteiger partial charge on any atom is -0.395 e. The van der Waals surface area contributed by atoms with Gasteiger partial charge in [0, 0.05) is 10.4 Å². The van der Waals surface area contributed by atoms with Gasteiger partial charge in [-0.2, -0.15) is 0 Å². The highest BCUT2D eigenvalue weighted by atomic mass is 35.5. The number of benzene rings is 2. The van der Waals surface area contributed by atoms with E-state index in [0.717, 1.165) is 5.56 Å². The molecular weight excluding hydrogens is 279 g/mol. The molecule has 0 aromatic heterocycles. The Kier molecular flexibility index (Phi) is 4.76. The molecule has 0 aliphatic heterocycles. The molecule has 0 saturated heterocycles. The molecule has 0 unspecified atom stereocenters. The summed E-state index contributed by atoms with van der Waals surface area (Å²) in [6.07, 6.45) is 0.201. The largest absolute Gasteiger partial charge is 0.395 e. The lowest BCUT2D eigenvalue weighted by atomic mass is 9.77. The van der Waals surface area contributed by atoms with Crippen molar-refractivity contribution < 1.29 is 14.6 Å². The van der Waals surface area contributed by atoms with Gasteiger partial charge in [0.15, 0.2) is 0 Å². The average molecular weight is 295 g/mol. The summed E-state index contributed by atoms with van der Waals surface area (Å²) < 4.78 is 13.9. The topological polar surface area (TPSA) is 40.5 Å². The van der Waals surface area contributed by atoms with Gasteiger partial charge in [-0.3, -0.25) is 0 Å². The highest BCUT2D eigenvalue weighted by Crippen LogP contribution is 2.29. The molecule has 2 N–H and O–H groups in total. The van der Waals surface area contributed by atoms with Crippen LogP contribution in [0.3, 0.4) is 0 Å². The van der Waals surface area contributed by atoms with Crippen molar-refractivity contribution in [1.29, 1.82) is 0 Å². The van der Waals surface area contributed by atoms with Crippen LogP contribution in [0, 0.1) is 5.82 Å². The van der Waals surface area contributed by atoms with Crippen LogP contribution in [0.15, 0.2) is 48.5 Å². The van der Waals surface area contributed by atoms with E-state index in [0.29, 0.717) is 10.6 Å². The first-order valence-electron chi connectivity index (χ1n) is 6.32. The molecule has 0 atom stereocenters. The van der Waals surface area contributed by atoms with Crippen molar-refractivity contribution in [1.82, 2.24) is 0 Å². The number of hydrogen-bond acceptors (Lipinski definition) is 2. The quantitative estimate of drug-likeness (QED) is 0.890. The number of aliphatic hydroxyl groups is 2. The Balaban J connectivity index is 2.39. The Morgan fingerprint density at radius 2 is 1.65 bits per heavy atom. The van der Waals surface area contributed by atoms with Crippen molar-refractivity contribution in [3.8, 4) is 0 Å². The fraction of sp³-hybridized carbons (Fsp3) is 0.250. The Morgan fingerprint density at radius 1 is 1.00 bits per heavy atom. The average Bonchev–Trinajstić information content (AvgIpc) is 2.48. The third kappa shape index (κ3) is 3.01. The van der Waals surface area contributed by atoms with Crippen molar-refractivity contribution in [3.63, 3.8) is 0 Å². The standard InChI is InChI=1S/C16H16ClFO2/c17-14-7-6-12(15(18)8-14)9-16(10-19,11-20)13-4-2-1-3-5-13/h1-8,19-20H,9-11H2. The Bertz CT molecular complexity index is 568. The molecule has 0 heterocycles. The summed E-state index contributed by atoms with van der Waals surface area (Å²) in [6.45, 7) is -0.537. The maximum absolute atomic E-state index is 13.9. The van der Waals surface area contributed by atoms with Gasteiger partial charge in [0.05, 0.1) is 13.2 Å². The van der Waals surface area contributed by atoms with Gasteiger partial charge in [0.25, 0.3) is 0 Å². The number of aliphatic hydroxyl groups excluding tert-OH is 2. The lowest BCUT2D eigenvalue weighted by molar-refractivity contribution is 0.115. The molecule has 0 fully saturated rings. The number of rotatable bonds is 5. The Morgan fingerprint density at radius 3 is 2.20 bits per heavy atom. The van der Waals surface area contributed by atoms with Gasteiger partial charge in [-0.15, -0.1) is 0 Å². The predicted octanol–water partition coefficient (Wildman–Crippen LogP) is 2.94. The highest BCUT2D eigenvalue weighted by molar-refractivity contribution is 6.30. The van der Waals surface area contributed by atoms with E-state index in [2.05, 4.69) is 0 Å². The van der Waals surface area contributed by atoms with Crippen LogP contribution >= 0.6 is 11.6 Å². The van der Waals surface area contributed by atoms with E-state index in [4.69, 9.17) is 11.6 Å². The third-order valence-electron chi connectivity index (χ3n) is 3.54. The zero-order chi connectivity index (χ0) is 14.6. The van der Waals surface area contributed by atoms with E-state index < -0.39 is 11.2 Å². The molecule has 0 radical (unpaired) electrons. The highest BCUT2D eigenvalue weighted by Gasteiger charge is 2.32. The molecule has 106 valence electrons. The minimum atomic E-state index is -0.907. The summed E-state index contributed by atoms with van der Waals surface area (Å²) in [5.41, 5.74) is 0.288. The first kappa shape index (κ1) is 15.0. The minimum absolute atomic E-state index is 0.201. The fourth-order valence-electron chi connectivity index (χ4n) is 2.27. The molecule has 2 aromatic rings. The van der Waals surface area contributed by atoms with E-state index in [1.807, 2.05) is 30.3 Å². The fourth-order valence-corrected chi connectivity index (χ4v) is 2.43. The molecule has 0 saturated carbocycles. The third-order valence-corrected chi connectivity index (χ3v) is 3.77. The molecule has 2 rings (SSSR count). The second-order valence-corrected chi connectivity index (χ2v) is 5.31. The van der Waals surface area contributed by atoms with Crippen molar-refractivity contribution in [3.05, 3.63) is 70.5 Å². The molecule has 4 heteroatoms. The SMILES string of the molecule is OCC(CO)(Cc1ccc(Cl)cc1F)c1ccccc1. The van der Waals surface area contributed by atoms with Crippen molar-refractivity contribution in [2.24, 2.45) is 0 Å². The second kappa shape index (κ2) is 6.35. The summed E-state index contributed by atoms with van der Waals surface area (Å²) in [7, 11) is 0. The molecule has 20 heavy (non-hydrogen) atoms. The first-order chi connectivity index (χ1) is 9.61. The smallest absolute Gasteiger partial charge is 0.127 e. The first-order valence-corrected chi connectivity index (χ1v) is 6.70. The van der Waals surface area contributed by atoms with Gasteiger partial charge in [-0.05, 0) is 29.7 Å². The maximum atomic E-state index is 13.9. The monoisotopic (exact) mass is 294 g/mol. The molecule has 0 amide bonds. The summed E-state index contributed by atoms with van der Waals surface area (Å²) in [5, 5.41) is 19.8. The molecular formula is C16H16ClFO2. The van der Waals surface area contributed by atoms with Gasteiger partial charge >= 0.3 is 0 Å². The number of hydrogen-bond donors (Lipinski definition) is 2. The zero-order valence-electron chi connectivity index (χ0n) is 10.9. The van der Waals surface area contributed by atoms with Crippen LogP contribution in [0.1, 0.15) is 11.1 Å². The molecule has 0 bridgehead atoms. The molecule has 0 spiro atoms. The van der Waals surface area contributed by atoms with Crippen LogP contribution in [0.25, 0.3) is 0 Å². The van der Waals surface area contributed by atoms with Crippen LogP contribution in [0.2, 0.25) is 5.02 Å². The van der Waals surface area contributed by atoms with Gasteiger partial charge in [-0.25, -0.2) is 4.39 Å².